The molecule has 0 aliphatic carbocycles. The summed E-state index contributed by atoms with van der Waals surface area (Å²) < 4.78 is 27.2. The second-order valence-corrected chi connectivity index (χ2v) is 10.5. The maximum atomic E-state index is 13.0. The molecule has 0 aromatic heterocycles. The molecule has 2 heterocycles. The highest BCUT2D eigenvalue weighted by atomic mass is 32.2. The summed E-state index contributed by atoms with van der Waals surface area (Å²) in [5.74, 6) is 0.130. The zero-order valence-electron chi connectivity index (χ0n) is 18.1. The first-order valence-corrected chi connectivity index (χ1v) is 12.7. The number of amides is 1. The number of piperazine rings is 1. The maximum Gasteiger partial charge on any atom is 0.225 e. The Kier molecular flexibility index (Phi) is 6.62. The van der Waals surface area contributed by atoms with Crippen LogP contribution in [0.3, 0.4) is 0 Å². The van der Waals surface area contributed by atoms with Gasteiger partial charge in [0.25, 0.3) is 0 Å². The van der Waals surface area contributed by atoms with E-state index in [1.807, 2.05) is 54.3 Å². The predicted molar refractivity (Wildman–Crippen MR) is 123 cm³/mol. The van der Waals surface area contributed by atoms with Crippen molar-refractivity contribution in [2.75, 3.05) is 44.2 Å². The van der Waals surface area contributed by atoms with Crippen molar-refractivity contribution < 1.29 is 13.2 Å². The molecule has 166 valence electrons. The molecule has 2 saturated heterocycles. The fraction of sp³-hybridized carbons (Fsp3) is 0.458. The normalized spacial score (nSPS) is 18.9. The Morgan fingerprint density at radius 1 is 0.871 bits per heavy atom. The fourth-order valence-corrected chi connectivity index (χ4v) is 6.01. The van der Waals surface area contributed by atoms with Gasteiger partial charge in [0.15, 0.2) is 0 Å². The lowest BCUT2D eigenvalue weighted by Crippen LogP contribution is -2.52. The molecule has 2 aliphatic heterocycles. The Morgan fingerprint density at radius 2 is 1.48 bits per heavy atom. The quantitative estimate of drug-likeness (QED) is 0.716. The van der Waals surface area contributed by atoms with Gasteiger partial charge in [-0.05, 0) is 37.5 Å². The highest BCUT2D eigenvalue weighted by Gasteiger charge is 2.34. The van der Waals surface area contributed by atoms with Gasteiger partial charge in [-0.2, -0.15) is 0 Å². The van der Waals surface area contributed by atoms with Crippen molar-refractivity contribution in [3.63, 3.8) is 0 Å². The Morgan fingerprint density at radius 3 is 2.10 bits per heavy atom. The lowest BCUT2D eigenvalue weighted by atomic mass is 9.96. The minimum Gasteiger partial charge on any atom is -0.368 e. The van der Waals surface area contributed by atoms with Gasteiger partial charge in [0.1, 0.15) is 0 Å². The first-order chi connectivity index (χ1) is 14.9. The van der Waals surface area contributed by atoms with Crippen LogP contribution in [0.4, 0.5) is 5.69 Å². The maximum absolute atomic E-state index is 13.0. The van der Waals surface area contributed by atoms with Gasteiger partial charge in [-0.25, -0.2) is 12.7 Å². The van der Waals surface area contributed by atoms with E-state index in [1.165, 1.54) is 5.69 Å². The summed E-state index contributed by atoms with van der Waals surface area (Å²) in [6, 6.07) is 17.9. The lowest BCUT2D eigenvalue weighted by molar-refractivity contribution is -0.137. The number of hydrogen-bond acceptors (Lipinski definition) is 4. The van der Waals surface area contributed by atoms with E-state index in [4.69, 9.17) is 0 Å². The second-order valence-electron chi connectivity index (χ2n) is 8.56. The van der Waals surface area contributed by atoms with Crippen LogP contribution in [0, 0.1) is 12.8 Å². The highest BCUT2D eigenvalue weighted by Crippen LogP contribution is 2.25. The molecule has 31 heavy (non-hydrogen) atoms. The van der Waals surface area contributed by atoms with Crippen molar-refractivity contribution in [2.24, 2.45) is 5.92 Å². The number of sulfonamides is 1. The molecule has 7 heteroatoms. The van der Waals surface area contributed by atoms with Crippen LogP contribution >= 0.6 is 0 Å². The van der Waals surface area contributed by atoms with Crippen molar-refractivity contribution in [1.82, 2.24) is 9.21 Å². The van der Waals surface area contributed by atoms with Crippen LogP contribution in [0.25, 0.3) is 0 Å². The summed E-state index contributed by atoms with van der Waals surface area (Å²) in [7, 11) is -3.36. The van der Waals surface area contributed by atoms with E-state index in [2.05, 4.69) is 17.0 Å². The summed E-state index contributed by atoms with van der Waals surface area (Å²) in [6.07, 6.45) is 1.20. The SMILES string of the molecule is Cc1ccc(CS(=O)(=O)N2CCC(C(=O)N3CCN(c4ccccc4)CC3)CC2)cc1. The third kappa shape index (κ3) is 5.28. The molecule has 1 amide bonds. The van der Waals surface area contributed by atoms with Gasteiger partial charge >= 0.3 is 0 Å². The molecule has 0 bridgehead atoms. The summed E-state index contributed by atoms with van der Waals surface area (Å²) >= 11 is 0. The minimum absolute atomic E-state index is 0.0212. The molecular formula is C24H31N3O3S. The van der Waals surface area contributed by atoms with Crippen LogP contribution in [-0.2, 0) is 20.6 Å². The number of aryl methyl sites for hydroxylation is 1. The second kappa shape index (κ2) is 9.40. The zero-order chi connectivity index (χ0) is 21.8. The van der Waals surface area contributed by atoms with Gasteiger partial charge in [-0.1, -0.05) is 48.0 Å². The Balaban J connectivity index is 1.27. The van der Waals surface area contributed by atoms with Gasteiger partial charge in [-0.15, -0.1) is 0 Å². The first kappa shape index (κ1) is 21.8. The van der Waals surface area contributed by atoms with Crippen LogP contribution in [0.5, 0.6) is 0 Å². The number of carbonyl (C=O) groups excluding carboxylic acids is 1. The molecule has 0 atom stereocenters. The van der Waals surface area contributed by atoms with Crippen molar-refractivity contribution in [3.8, 4) is 0 Å². The number of benzene rings is 2. The molecule has 0 spiro atoms. The van der Waals surface area contributed by atoms with E-state index < -0.39 is 10.0 Å². The van der Waals surface area contributed by atoms with E-state index in [1.54, 1.807) is 4.31 Å². The third-order valence-electron chi connectivity index (χ3n) is 6.38. The molecule has 6 nitrogen and oxygen atoms in total. The summed E-state index contributed by atoms with van der Waals surface area (Å²) in [5, 5.41) is 0. The van der Waals surface area contributed by atoms with Gasteiger partial charge in [0.05, 0.1) is 5.75 Å². The van der Waals surface area contributed by atoms with E-state index in [0.717, 1.165) is 37.3 Å². The fourth-order valence-electron chi connectivity index (χ4n) is 4.45. The number of piperidine rings is 1. The lowest BCUT2D eigenvalue weighted by Gasteiger charge is -2.39. The van der Waals surface area contributed by atoms with E-state index >= 15 is 0 Å². The number of nitrogens with zero attached hydrogens (tertiary/aromatic N) is 3. The summed E-state index contributed by atoms with van der Waals surface area (Å²) in [6.45, 7) is 5.95. The number of hydrogen-bond donors (Lipinski definition) is 0. The van der Waals surface area contributed by atoms with E-state index in [9.17, 15) is 13.2 Å². The Labute approximate surface area is 185 Å². The van der Waals surface area contributed by atoms with E-state index in [0.29, 0.717) is 25.9 Å². The topological polar surface area (TPSA) is 60.9 Å². The molecule has 0 N–H and O–H groups in total. The van der Waals surface area contributed by atoms with Crippen LogP contribution < -0.4 is 4.90 Å². The minimum atomic E-state index is -3.36. The standard InChI is InChI=1S/C24H31N3O3S/c1-20-7-9-21(10-8-20)19-31(29,30)27-13-11-22(12-14-27)24(28)26-17-15-25(16-18-26)23-5-3-2-4-6-23/h2-10,22H,11-19H2,1H3. The largest absolute Gasteiger partial charge is 0.368 e. The molecule has 4 rings (SSSR count). The number of para-hydroxylation sites is 1. The monoisotopic (exact) mass is 441 g/mol. The molecule has 0 saturated carbocycles. The van der Waals surface area contributed by atoms with Crippen LogP contribution in [0.15, 0.2) is 54.6 Å². The summed E-state index contributed by atoms with van der Waals surface area (Å²) in [5.41, 5.74) is 3.12. The van der Waals surface area contributed by atoms with Crippen LogP contribution in [0.2, 0.25) is 0 Å². The van der Waals surface area contributed by atoms with Crippen molar-refractivity contribution in [3.05, 3.63) is 65.7 Å². The predicted octanol–water partition coefficient (Wildman–Crippen LogP) is 2.89. The molecule has 2 aromatic carbocycles. The molecule has 2 aromatic rings. The average Bonchev–Trinajstić information content (AvgIpc) is 2.81. The van der Waals surface area contributed by atoms with Gasteiger partial charge < -0.3 is 9.80 Å². The molecule has 2 aliphatic rings. The molecule has 0 radical (unpaired) electrons. The van der Waals surface area contributed by atoms with Gasteiger partial charge in [-0.3, -0.25) is 4.79 Å². The average molecular weight is 442 g/mol. The third-order valence-corrected chi connectivity index (χ3v) is 8.23. The number of carbonyl (C=O) groups is 1. The number of anilines is 1. The van der Waals surface area contributed by atoms with Gasteiger partial charge in [0.2, 0.25) is 15.9 Å². The highest BCUT2D eigenvalue weighted by molar-refractivity contribution is 7.88. The molecule has 2 fully saturated rings. The Hall–Kier alpha value is -2.38. The van der Waals surface area contributed by atoms with Crippen molar-refractivity contribution in [1.29, 1.82) is 0 Å². The summed E-state index contributed by atoms with van der Waals surface area (Å²) in [4.78, 5) is 17.3. The molecule has 0 unspecified atom stereocenters. The zero-order valence-corrected chi connectivity index (χ0v) is 18.9. The number of rotatable bonds is 5. The smallest absolute Gasteiger partial charge is 0.225 e. The van der Waals surface area contributed by atoms with Gasteiger partial charge in [0, 0.05) is 50.9 Å². The van der Waals surface area contributed by atoms with Crippen molar-refractivity contribution in [2.45, 2.75) is 25.5 Å². The van der Waals surface area contributed by atoms with Crippen LogP contribution in [-0.4, -0.2) is 62.8 Å². The Bertz CT molecular complexity index is 976. The first-order valence-electron chi connectivity index (χ1n) is 11.0. The van der Waals surface area contributed by atoms with E-state index in [-0.39, 0.29) is 17.6 Å². The van der Waals surface area contributed by atoms with Crippen LogP contribution in [0.1, 0.15) is 24.0 Å². The van der Waals surface area contributed by atoms with Crippen molar-refractivity contribution >= 4 is 21.6 Å². The molecular weight excluding hydrogens is 410 g/mol.